The Morgan fingerprint density at radius 1 is 1.19 bits per heavy atom. The Labute approximate surface area is 104 Å². The van der Waals surface area contributed by atoms with Crippen molar-refractivity contribution in [3.05, 3.63) is 0 Å². The van der Waals surface area contributed by atoms with Crippen molar-refractivity contribution >= 4 is 17.5 Å². The third kappa shape index (κ3) is 4.32. The van der Waals surface area contributed by atoms with Crippen molar-refractivity contribution in [2.45, 2.75) is 51.9 Å². The van der Waals surface area contributed by atoms with Gasteiger partial charge in [-0.2, -0.15) is 0 Å². The Hall–Kier alpha value is -0.240. The van der Waals surface area contributed by atoms with Crippen LogP contribution in [0.5, 0.6) is 0 Å². The summed E-state index contributed by atoms with van der Waals surface area (Å²) >= 11 is 5.72. The summed E-state index contributed by atoms with van der Waals surface area (Å²) in [5, 5.41) is 0. The zero-order chi connectivity index (χ0) is 11.8. The quantitative estimate of drug-likeness (QED) is 0.695. The van der Waals surface area contributed by atoms with Gasteiger partial charge in [-0.3, -0.25) is 4.79 Å². The summed E-state index contributed by atoms with van der Waals surface area (Å²) in [5.74, 6) is 1.15. The van der Waals surface area contributed by atoms with Crippen LogP contribution in [0.25, 0.3) is 0 Å². The first-order valence-electron chi connectivity index (χ1n) is 6.64. The van der Waals surface area contributed by atoms with Gasteiger partial charge >= 0.3 is 0 Å². The van der Waals surface area contributed by atoms with Gasteiger partial charge in [0.05, 0.1) is 0 Å². The van der Waals surface area contributed by atoms with Gasteiger partial charge in [0, 0.05) is 24.9 Å². The number of carbonyl (C=O) groups excluding carboxylic acids is 1. The zero-order valence-corrected chi connectivity index (χ0v) is 11.1. The first-order chi connectivity index (χ1) is 7.79. The molecule has 0 aromatic carbocycles. The van der Waals surface area contributed by atoms with Crippen molar-refractivity contribution in [3.8, 4) is 0 Å². The van der Waals surface area contributed by atoms with Gasteiger partial charge in [-0.15, -0.1) is 11.6 Å². The van der Waals surface area contributed by atoms with E-state index in [9.17, 15) is 4.79 Å². The van der Waals surface area contributed by atoms with Crippen LogP contribution in [-0.2, 0) is 4.79 Å². The van der Waals surface area contributed by atoms with E-state index in [0.29, 0.717) is 18.3 Å². The highest BCUT2D eigenvalue weighted by Crippen LogP contribution is 2.23. The average Bonchev–Trinajstić information content (AvgIpc) is 2.24. The molecule has 1 amide bonds. The van der Waals surface area contributed by atoms with E-state index in [-0.39, 0.29) is 5.92 Å². The molecule has 0 saturated heterocycles. The Bertz CT molecular complexity index is 200. The Kier molecular flexibility index (Phi) is 6.86. The molecule has 0 unspecified atom stereocenters. The molecule has 0 N–H and O–H groups in total. The van der Waals surface area contributed by atoms with Crippen molar-refractivity contribution in [1.29, 1.82) is 0 Å². The molecule has 2 nitrogen and oxygen atoms in total. The zero-order valence-electron chi connectivity index (χ0n) is 10.4. The molecule has 94 valence electrons. The summed E-state index contributed by atoms with van der Waals surface area (Å²) in [4.78, 5) is 14.2. The Balaban J connectivity index is 2.47. The molecular formula is C13H24ClNO. The molecule has 1 aliphatic rings. The minimum atomic E-state index is 0.267. The molecule has 0 bridgehead atoms. The second-order valence-corrected chi connectivity index (χ2v) is 5.03. The molecule has 0 aliphatic heterocycles. The van der Waals surface area contributed by atoms with E-state index < -0.39 is 0 Å². The van der Waals surface area contributed by atoms with Crippen LogP contribution in [0.3, 0.4) is 0 Å². The predicted molar refractivity (Wildman–Crippen MR) is 68.8 cm³/mol. The maximum absolute atomic E-state index is 12.3. The van der Waals surface area contributed by atoms with Gasteiger partial charge in [-0.25, -0.2) is 0 Å². The van der Waals surface area contributed by atoms with E-state index in [4.69, 9.17) is 11.6 Å². The minimum absolute atomic E-state index is 0.267. The highest BCUT2D eigenvalue weighted by molar-refractivity contribution is 6.18. The minimum Gasteiger partial charge on any atom is -0.342 e. The number of amides is 1. The molecule has 1 aliphatic carbocycles. The molecule has 0 spiro atoms. The molecule has 1 fully saturated rings. The van der Waals surface area contributed by atoms with Gasteiger partial charge in [0.1, 0.15) is 0 Å². The molecule has 1 saturated carbocycles. The summed E-state index contributed by atoms with van der Waals surface area (Å²) in [6.45, 7) is 3.53. The number of carbonyl (C=O) groups is 1. The van der Waals surface area contributed by atoms with Crippen LogP contribution in [-0.4, -0.2) is 29.8 Å². The van der Waals surface area contributed by atoms with Crippen LogP contribution in [0.15, 0.2) is 0 Å². The Morgan fingerprint density at radius 2 is 1.75 bits per heavy atom. The van der Waals surface area contributed by atoms with Crippen LogP contribution < -0.4 is 0 Å². The maximum Gasteiger partial charge on any atom is 0.225 e. The van der Waals surface area contributed by atoms with Crippen molar-refractivity contribution in [2.75, 3.05) is 19.0 Å². The monoisotopic (exact) mass is 245 g/mol. The van der Waals surface area contributed by atoms with Gasteiger partial charge in [-0.05, 0) is 19.8 Å². The maximum atomic E-state index is 12.3. The van der Waals surface area contributed by atoms with Gasteiger partial charge < -0.3 is 4.90 Å². The van der Waals surface area contributed by atoms with Crippen molar-refractivity contribution in [2.24, 2.45) is 5.92 Å². The summed E-state index contributed by atoms with van der Waals surface area (Å²) in [7, 11) is 0. The number of alkyl halides is 1. The highest BCUT2D eigenvalue weighted by atomic mass is 35.5. The third-order valence-corrected chi connectivity index (χ3v) is 3.67. The first-order valence-corrected chi connectivity index (χ1v) is 7.17. The lowest BCUT2D eigenvalue weighted by Crippen LogP contribution is -2.37. The van der Waals surface area contributed by atoms with E-state index >= 15 is 0 Å². The van der Waals surface area contributed by atoms with Crippen LogP contribution in [0.4, 0.5) is 0 Å². The fourth-order valence-corrected chi connectivity index (χ4v) is 2.69. The van der Waals surface area contributed by atoms with E-state index in [1.54, 1.807) is 0 Å². The van der Waals surface area contributed by atoms with E-state index in [1.807, 2.05) is 11.8 Å². The van der Waals surface area contributed by atoms with Crippen LogP contribution in [0.2, 0.25) is 0 Å². The van der Waals surface area contributed by atoms with E-state index in [2.05, 4.69) is 0 Å². The smallest absolute Gasteiger partial charge is 0.225 e. The number of rotatable bonds is 4. The Morgan fingerprint density at radius 3 is 2.25 bits per heavy atom. The largest absolute Gasteiger partial charge is 0.342 e. The fraction of sp³-hybridized carbons (Fsp3) is 0.923. The highest BCUT2D eigenvalue weighted by Gasteiger charge is 2.23. The molecule has 0 aromatic rings. The van der Waals surface area contributed by atoms with Crippen molar-refractivity contribution in [3.63, 3.8) is 0 Å². The second-order valence-electron chi connectivity index (χ2n) is 4.65. The molecule has 16 heavy (non-hydrogen) atoms. The van der Waals surface area contributed by atoms with Gasteiger partial charge in [0.2, 0.25) is 5.91 Å². The lowest BCUT2D eigenvalue weighted by Gasteiger charge is -2.26. The number of halogens is 1. The lowest BCUT2D eigenvalue weighted by molar-refractivity contribution is -0.135. The fourth-order valence-electron chi connectivity index (χ4n) is 2.49. The van der Waals surface area contributed by atoms with Crippen LogP contribution in [0, 0.1) is 5.92 Å². The topological polar surface area (TPSA) is 20.3 Å². The van der Waals surface area contributed by atoms with Gasteiger partial charge in [0.15, 0.2) is 0 Å². The predicted octanol–water partition coefficient (Wildman–Crippen LogP) is 3.43. The molecule has 0 radical (unpaired) electrons. The molecule has 3 heteroatoms. The second kappa shape index (κ2) is 7.94. The number of hydrogen-bond donors (Lipinski definition) is 0. The SMILES string of the molecule is CCN(CCCl)C(=O)C1CCCCCCC1. The molecule has 1 rings (SSSR count). The average molecular weight is 246 g/mol. The van der Waals surface area contributed by atoms with E-state index in [1.165, 1.54) is 32.1 Å². The summed E-state index contributed by atoms with van der Waals surface area (Å²) < 4.78 is 0. The summed E-state index contributed by atoms with van der Waals surface area (Å²) in [5.41, 5.74) is 0. The van der Waals surface area contributed by atoms with Crippen molar-refractivity contribution < 1.29 is 4.79 Å². The molecule has 0 atom stereocenters. The van der Waals surface area contributed by atoms with Crippen LogP contribution in [0.1, 0.15) is 51.9 Å². The first kappa shape index (κ1) is 13.8. The number of nitrogens with zero attached hydrogens (tertiary/aromatic N) is 1. The lowest BCUT2D eigenvalue weighted by atomic mass is 9.90. The normalized spacial score (nSPS) is 18.9. The van der Waals surface area contributed by atoms with E-state index in [0.717, 1.165) is 19.4 Å². The third-order valence-electron chi connectivity index (χ3n) is 3.50. The van der Waals surface area contributed by atoms with Gasteiger partial charge in [-0.1, -0.05) is 32.1 Å². The van der Waals surface area contributed by atoms with Gasteiger partial charge in [0.25, 0.3) is 0 Å². The van der Waals surface area contributed by atoms with Crippen LogP contribution >= 0.6 is 11.6 Å². The summed E-state index contributed by atoms with van der Waals surface area (Å²) in [6, 6.07) is 0. The standard InChI is InChI=1S/C13H24ClNO/c1-2-15(11-10-14)13(16)12-8-6-4-3-5-7-9-12/h12H,2-11H2,1H3. The molecule has 0 heterocycles. The molecule has 0 aromatic heterocycles. The summed E-state index contributed by atoms with van der Waals surface area (Å²) in [6.07, 6.45) is 8.54. The number of hydrogen-bond acceptors (Lipinski definition) is 1. The van der Waals surface area contributed by atoms with Crippen molar-refractivity contribution in [1.82, 2.24) is 4.90 Å². The molecular weight excluding hydrogens is 222 g/mol.